The molecule has 11 nitrogen and oxygen atoms in total. The van der Waals surface area contributed by atoms with Crippen LogP contribution in [-0.4, -0.2) is 63.4 Å². The maximum absolute atomic E-state index is 11.9. The highest BCUT2D eigenvalue weighted by Crippen LogP contribution is 2.09. The van der Waals surface area contributed by atoms with Gasteiger partial charge in [-0.05, 0) is 35.0 Å². The predicted octanol–water partition coefficient (Wildman–Crippen LogP) is -0.693. The highest BCUT2D eigenvalue weighted by molar-refractivity contribution is 7.80. The molecule has 0 unspecified atom stereocenters. The van der Waals surface area contributed by atoms with Crippen LogP contribution >= 0.6 is 23.6 Å². The molecule has 2 aromatic heterocycles. The van der Waals surface area contributed by atoms with Crippen molar-refractivity contribution in [3.8, 4) is 0 Å². The number of tetrazole rings is 1. The summed E-state index contributed by atoms with van der Waals surface area (Å²) in [6.07, 6.45) is 3.03. The summed E-state index contributed by atoms with van der Waals surface area (Å²) in [5, 5.41) is 16.2. The topological polar surface area (TPSA) is 126 Å². The van der Waals surface area contributed by atoms with Gasteiger partial charge < -0.3 is 9.64 Å². The first-order chi connectivity index (χ1) is 13.6. The summed E-state index contributed by atoms with van der Waals surface area (Å²) < 4.78 is 5.27. The number of thiocarbonyl (C=S) groups is 1. The number of aromatic nitrogens is 4. The van der Waals surface area contributed by atoms with E-state index in [9.17, 15) is 9.59 Å². The van der Waals surface area contributed by atoms with Crippen LogP contribution in [0.2, 0.25) is 0 Å². The van der Waals surface area contributed by atoms with Crippen LogP contribution in [0.15, 0.2) is 23.6 Å². The summed E-state index contributed by atoms with van der Waals surface area (Å²) in [6, 6.07) is 3.77. The zero-order valence-corrected chi connectivity index (χ0v) is 16.3. The molecule has 28 heavy (non-hydrogen) atoms. The average Bonchev–Trinajstić information content (AvgIpc) is 3.37. The van der Waals surface area contributed by atoms with Crippen LogP contribution < -0.4 is 21.1 Å². The van der Waals surface area contributed by atoms with Crippen LogP contribution in [-0.2, 0) is 20.9 Å². The van der Waals surface area contributed by atoms with Crippen LogP contribution in [0.3, 0.4) is 0 Å². The number of carbonyl (C=O) groups is 2. The molecule has 1 aliphatic heterocycles. The van der Waals surface area contributed by atoms with Crippen LogP contribution in [0.25, 0.3) is 6.08 Å². The Kier molecular flexibility index (Phi) is 7.00. The molecule has 1 aliphatic rings. The molecule has 3 N–H and O–H groups in total. The van der Waals surface area contributed by atoms with Gasteiger partial charge in [0.2, 0.25) is 5.91 Å². The summed E-state index contributed by atoms with van der Waals surface area (Å²) >= 11 is 6.47. The van der Waals surface area contributed by atoms with Crippen LogP contribution in [0.5, 0.6) is 0 Å². The second-order valence-electron chi connectivity index (χ2n) is 5.56. The molecular formula is C15H18N8O3S2. The van der Waals surface area contributed by atoms with Gasteiger partial charge in [-0.2, -0.15) is 4.80 Å². The van der Waals surface area contributed by atoms with E-state index < -0.39 is 11.8 Å². The molecule has 0 spiro atoms. The number of hydrogen-bond donors (Lipinski definition) is 3. The zero-order chi connectivity index (χ0) is 19.8. The Morgan fingerprint density at radius 1 is 1.32 bits per heavy atom. The zero-order valence-electron chi connectivity index (χ0n) is 14.7. The van der Waals surface area contributed by atoms with Gasteiger partial charge in [-0.15, -0.1) is 16.4 Å². The van der Waals surface area contributed by atoms with Gasteiger partial charge in [0.05, 0.1) is 13.2 Å². The van der Waals surface area contributed by atoms with E-state index >= 15 is 0 Å². The third-order valence-electron chi connectivity index (χ3n) is 3.52. The predicted molar refractivity (Wildman–Crippen MR) is 106 cm³/mol. The van der Waals surface area contributed by atoms with Crippen molar-refractivity contribution in [3.05, 3.63) is 28.5 Å². The van der Waals surface area contributed by atoms with Gasteiger partial charge in [0.1, 0.15) is 6.54 Å². The highest BCUT2D eigenvalue weighted by atomic mass is 32.1. The number of carbonyl (C=O) groups excluding carboxylic acids is 2. The van der Waals surface area contributed by atoms with Gasteiger partial charge in [0.15, 0.2) is 5.11 Å². The fourth-order valence-corrected chi connectivity index (χ4v) is 2.98. The summed E-state index contributed by atoms with van der Waals surface area (Å²) in [5.41, 5.74) is 4.81. The molecule has 0 bridgehead atoms. The van der Waals surface area contributed by atoms with E-state index in [-0.39, 0.29) is 11.7 Å². The van der Waals surface area contributed by atoms with Crippen molar-refractivity contribution in [2.24, 2.45) is 0 Å². The monoisotopic (exact) mass is 422 g/mol. The normalized spacial score (nSPS) is 14.1. The minimum absolute atomic E-state index is 0.0327. The van der Waals surface area contributed by atoms with Gasteiger partial charge in [-0.3, -0.25) is 25.8 Å². The molecule has 0 radical (unpaired) electrons. The molecule has 0 aliphatic carbocycles. The molecule has 148 valence electrons. The standard InChI is InChI=1S/C15H18N8O3S2/c24-12(4-3-11-2-1-9-28-11)16-15(27)19-17-13(25)10-23-20-14(18-21-23)22-5-7-26-8-6-22/h1-4,9H,5-8,10H2,(H,17,25)(H2,16,19,24,27)/b4-3+. The Morgan fingerprint density at radius 3 is 2.89 bits per heavy atom. The average molecular weight is 422 g/mol. The van der Waals surface area contributed by atoms with Gasteiger partial charge in [-0.25, -0.2) is 0 Å². The fraction of sp³-hybridized carbons (Fsp3) is 0.333. The number of ether oxygens (including phenoxy) is 1. The molecule has 13 heteroatoms. The first-order valence-electron chi connectivity index (χ1n) is 8.32. The van der Waals surface area contributed by atoms with Gasteiger partial charge in [-0.1, -0.05) is 11.2 Å². The summed E-state index contributed by atoms with van der Waals surface area (Å²) in [5.74, 6) is -0.408. The van der Waals surface area contributed by atoms with E-state index in [0.29, 0.717) is 32.3 Å². The van der Waals surface area contributed by atoms with Crippen molar-refractivity contribution in [2.75, 3.05) is 31.2 Å². The van der Waals surface area contributed by atoms with Crippen molar-refractivity contribution in [2.45, 2.75) is 6.54 Å². The number of rotatable bonds is 5. The van der Waals surface area contributed by atoms with Crippen molar-refractivity contribution in [1.29, 1.82) is 0 Å². The maximum atomic E-state index is 11.9. The second kappa shape index (κ2) is 9.87. The smallest absolute Gasteiger partial charge is 0.266 e. The van der Waals surface area contributed by atoms with Crippen molar-refractivity contribution in [3.63, 3.8) is 0 Å². The van der Waals surface area contributed by atoms with E-state index in [1.165, 1.54) is 22.2 Å². The minimum Gasteiger partial charge on any atom is -0.378 e. The van der Waals surface area contributed by atoms with Crippen molar-refractivity contribution < 1.29 is 14.3 Å². The third kappa shape index (κ3) is 6.07. The first-order valence-corrected chi connectivity index (χ1v) is 9.61. The Bertz CT molecular complexity index is 845. The number of amides is 2. The number of nitrogens with one attached hydrogen (secondary N) is 3. The van der Waals surface area contributed by atoms with Crippen LogP contribution in [0, 0.1) is 0 Å². The molecule has 0 saturated carbocycles. The maximum Gasteiger partial charge on any atom is 0.266 e. The lowest BCUT2D eigenvalue weighted by atomic mass is 10.4. The number of morpholine rings is 1. The molecule has 2 aromatic rings. The number of nitrogens with zero attached hydrogens (tertiary/aromatic N) is 5. The molecule has 0 aromatic carbocycles. The Hall–Kier alpha value is -2.90. The molecule has 1 fully saturated rings. The van der Waals surface area contributed by atoms with Gasteiger partial charge in [0.25, 0.3) is 11.9 Å². The molecule has 2 amide bonds. The minimum atomic E-state index is -0.448. The Labute approximate surface area is 169 Å². The lowest BCUT2D eigenvalue weighted by molar-refractivity contribution is -0.122. The fourth-order valence-electron chi connectivity index (χ4n) is 2.21. The van der Waals surface area contributed by atoms with E-state index in [1.54, 1.807) is 6.08 Å². The summed E-state index contributed by atoms with van der Waals surface area (Å²) in [6.45, 7) is 2.40. The largest absolute Gasteiger partial charge is 0.378 e. The van der Waals surface area contributed by atoms with Crippen LogP contribution in [0.4, 0.5) is 5.95 Å². The Balaban J connectivity index is 1.38. The Morgan fingerprint density at radius 2 is 2.14 bits per heavy atom. The van der Waals surface area contributed by atoms with E-state index in [4.69, 9.17) is 17.0 Å². The van der Waals surface area contributed by atoms with Gasteiger partial charge in [0, 0.05) is 24.0 Å². The number of anilines is 1. The van der Waals surface area contributed by atoms with E-state index in [1.807, 2.05) is 22.4 Å². The molecule has 3 rings (SSSR count). The molecule has 1 saturated heterocycles. The lowest BCUT2D eigenvalue weighted by Gasteiger charge is -2.24. The van der Waals surface area contributed by atoms with Gasteiger partial charge >= 0.3 is 0 Å². The molecule has 3 heterocycles. The number of hydrogen-bond acceptors (Lipinski definition) is 9. The quantitative estimate of drug-likeness (QED) is 0.326. The lowest BCUT2D eigenvalue weighted by Crippen LogP contribution is -2.49. The highest BCUT2D eigenvalue weighted by Gasteiger charge is 2.16. The molecule has 0 atom stereocenters. The summed E-state index contributed by atoms with van der Waals surface area (Å²) in [7, 11) is 0. The second-order valence-corrected chi connectivity index (χ2v) is 6.95. The molecular weight excluding hydrogens is 404 g/mol. The third-order valence-corrected chi connectivity index (χ3v) is 4.56. The van der Waals surface area contributed by atoms with E-state index in [0.717, 1.165) is 4.88 Å². The summed E-state index contributed by atoms with van der Waals surface area (Å²) in [4.78, 5) is 27.8. The van der Waals surface area contributed by atoms with E-state index in [2.05, 4.69) is 31.6 Å². The van der Waals surface area contributed by atoms with Crippen molar-refractivity contribution >= 4 is 52.5 Å². The number of hydrazine groups is 1. The number of thiophene rings is 1. The van der Waals surface area contributed by atoms with Crippen molar-refractivity contribution in [1.82, 2.24) is 36.4 Å². The SMILES string of the molecule is O=C(/C=C/c1cccs1)NC(=S)NNC(=O)Cn1nnc(N2CCOCC2)n1. The first kappa shape index (κ1) is 19.9. The van der Waals surface area contributed by atoms with Crippen LogP contribution in [0.1, 0.15) is 4.88 Å².